The predicted octanol–water partition coefficient (Wildman–Crippen LogP) is 4.63. The number of hydrogen-bond acceptors (Lipinski definition) is 8. The largest absolute Gasteiger partial charge is 0.492 e. The van der Waals surface area contributed by atoms with E-state index in [0.717, 1.165) is 5.56 Å². The van der Waals surface area contributed by atoms with E-state index < -0.39 is 29.4 Å². The molecule has 3 rings (SSSR count). The minimum absolute atomic E-state index is 0.0785. The molecule has 2 N–H and O–H groups in total. The fourth-order valence-corrected chi connectivity index (χ4v) is 3.61. The molecule has 40 heavy (non-hydrogen) atoms. The Balaban J connectivity index is 1.63. The van der Waals surface area contributed by atoms with Crippen LogP contribution >= 0.6 is 0 Å². The van der Waals surface area contributed by atoms with Crippen LogP contribution < -0.4 is 10.1 Å². The first-order valence-corrected chi connectivity index (χ1v) is 13.0. The van der Waals surface area contributed by atoms with Crippen LogP contribution in [-0.2, 0) is 9.47 Å². The number of carboxylic acids is 1. The Morgan fingerprint density at radius 1 is 1.02 bits per heavy atom. The minimum Gasteiger partial charge on any atom is -0.492 e. The number of hydrogen-bond donors (Lipinski definition) is 2. The number of fused-ring (bicyclic) bond motifs is 1. The van der Waals surface area contributed by atoms with Crippen molar-refractivity contribution in [3.8, 4) is 16.9 Å². The van der Waals surface area contributed by atoms with E-state index in [1.165, 1.54) is 15.5 Å². The van der Waals surface area contributed by atoms with E-state index >= 15 is 0 Å². The second-order valence-electron chi connectivity index (χ2n) is 11.1. The van der Waals surface area contributed by atoms with Gasteiger partial charge in [0.25, 0.3) is 0 Å². The molecular weight excluding hydrogens is 518 g/mol. The summed E-state index contributed by atoms with van der Waals surface area (Å²) < 4.78 is 18.2. The van der Waals surface area contributed by atoms with Crippen molar-refractivity contribution in [2.75, 3.05) is 26.2 Å². The Bertz CT molecular complexity index is 1340. The lowest BCUT2D eigenvalue weighted by Crippen LogP contribution is -2.41. The zero-order chi connectivity index (χ0) is 29.5. The Morgan fingerprint density at radius 3 is 2.42 bits per heavy atom. The summed E-state index contributed by atoms with van der Waals surface area (Å²) in [4.78, 5) is 41.8. The number of aromatic nitrogens is 3. The van der Waals surface area contributed by atoms with E-state index in [2.05, 4.69) is 15.4 Å². The Kier molecular flexibility index (Phi) is 9.56. The first-order chi connectivity index (χ1) is 18.7. The number of carboxylic acid groups (broad SMARTS) is 1. The first kappa shape index (κ1) is 30.2. The lowest BCUT2D eigenvalue weighted by molar-refractivity contribution is 0.0224. The highest BCUT2D eigenvalue weighted by atomic mass is 16.6. The van der Waals surface area contributed by atoms with Crippen LogP contribution in [0, 0.1) is 0 Å². The van der Waals surface area contributed by atoms with Gasteiger partial charge in [0.1, 0.15) is 23.6 Å². The monoisotopic (exact) mass is 555 g/mol. The van der Waals surface area contributed by atoms with Crippen LogP contribution in [0.15, 0.2) is 42.7 Å². The van der Waals surface area contributed by atoms with Crippen LogP contribution in [0.4, 0.5) is 9.59 Å². The molecule has 2 amide bonds. The van der Waals surface area contributed by atoms with Gasteiger partial charge in [0.15, 0.2) is 11.3 Å². The number of alkyl carbamates (subject to hydrolysis) is 1. The van der Waals surface area contributed by atoms with Gasteiger partial charge in [0, 0.05) is 24.8 Å². The summed E-state index contributed by atoms with van der Waals surface area (Å²) >= 11 is 0. The summed E-state index contributed by atoms with van der Waals surface area (Å²) in [6.07, 6.45) is 2.66. The quantitative estimate of drug-likeness (QED) is 0.342. The fraction of sp³-hybridized carbons (Fsp3) is 0.464. The lowest BCUT2D eigenvalue weighted by atomic mass is 10.1. The van der Waals surface area contributed by atoms with E-state index in [1.807, 2.05) is 12.1 Å². The number of nitrogens with one attached hydrogen (secondary N) is 1. The molecule has 0 radical (unpaired) electrons. The summed E-state index contributed by atoms with van der Waals surface area (Å²) in [5, 5.41) is 16.2. The number of aromatic carboxylic acids is 1. The summed E-state index contributed by atoms with van der Waals surface area (Å²) in [6, 6.07) is 8.63. The fourth-order valence-electron chi connectivity index (χ4n) is 3.61. The van der Waals surface area contributed by atoms with Crippen LogP contribution in [0.3, 0.4) is 0 Å². The van der Waals surface area contributed by atoms with E-state index in [1.54, 1.807) is 66.1 Å². The molecule has 0 fully saturated rings. The van der Waals surface area contributed by atoms with E-state index in [0.29, 0.717) is 36.5 Å². The normalized spacial score (nSPS) is 11.7. The molecule has 12 heteroatoms. The highest BCUT2D eigenvalue weighted by Gasteiger charge is 2.22. The Morgan fingerprint density at radius 2 is 1.75 bits per heavy atom. The average Bonchev–Trinajstić information content (AvgIpc) is 3.27. The van der Waals surface area contributed by atoms with Gasteiger partial charge in [-0.2, -0.15) is 5.10 Å². The van der Waals surface area contributed by atoms with Crippen molar-refractivity contribution in [2.24, 2.45) is 0 Å². The van der Waals surface area contributed by atoms with Crippen LogP contribution in [0.1, 0.15) is 58.5 Å². The molecule has 216 valence electrons. The van der Waals surface area contributed by atoms with Gasteiger partial charge in [0.05, 0.1) is 12.7 Å². The maximum absolute atomic E-state index is 12.8. The number of benzene rings is 1. The number of ether oxygens (including phenoxy) is 3. The molecule has 0 spiro atoms. The Labute approximate surface area is 233 Å². The molecule has 2 aromatic heterocycles. The van der Waals surface area contributed by atoms with Crippen molar-refractivity contribution >= 4 is 23.8 Å². The number of rotatable bonds is 10. The summed E-state index contributed by atoms with van der Waals surface area (Å²) in [6.45, 7) is 11.9. The van der Waals surface area contributed by atoms with Gasteiger partial charge in [0.2, 0.25) is 0 Å². The van der Waals surface area contributed by atoms with Crippen molar-refractivity contribution in [1.82, 2.24) is 24.8 Å². The number of nitrogens with zero attached hydrogens (tertiary/aromatic N) is 4. The van der Waals surface area contributed by atoms with Crippen LogP contribution in [0.25, 0.3) is 16.8 Å². The topological polar surface area (TPSA) is 145 Å². The van der Waals surface area contributed by atoms with Crippen LogP contribution in [0.2, 0.25) is 0 Å². The maximum atomic E-state index is 12.8. The standard InChI is InChI=1S/C28H37N5O7/c1-27(2,3)39-25(36)29-12-8-13-32(26(37)40-28(4,5)6)15-16-38-20-10-7-9-19(17-20)21-18-30-33-14-11-22(24(34)35)31-23(21)33/h7,9-11,14,17-18H,8,12-13,15-16H2,1-6H3,(H,29,36)(H,34,35). The molecule has 0 saturated carbocycles. The predicted molar refractivity (Wildman–Crippen MR) is 148 cm³/mol. The van der Waals surface area contributed by atoms with Gasteiger partial charge >= 0.3 is 18.2 Å². The molecule has 0 bridgehead atoms. The third-order valence-corrected chi connectivity index (χ3v) is 5.29. The molecule has 2 heterocycles. The average molecular weight is 556 g/mol. The number of carbonyl (C=O) groups excluding carboxylic acids is 2. The molecule has 0 atom stereocenters. The maximum Gasteiger partial charge on any atom is 0.410 e. The van der Waals surface area contributed by atoms with E-state index in [9.17, 15) is 19.5 Å². The van der Waals surface area contributed by atoms with Crippen LogP contribution in [0.5, 0.6) is 5.75 Å². The second-order valence-corrected chi connectivity index (χ2v) is 11.1. The molecule has 3 aromatic rings. The van der Waals surface area contributed by atoms with Gasteiger partial charge in [-0.3, -0.25) is 0 Å². The minimum atomic E-state index is -1.12. The van der Waals surface area contributed by atoms with Crippen molar-refractivity contribution in [3.05, 3.63) is 48.4 Å². The van der Waals surface area contributed by atoms with E-state index in [-0.39, 0.29) is 18.8 Å². The lowest BCUT2D eigenvalue weighted by Gasteiger charge is -2.27. The van der Waals surface area contributed by atoms with Gasteiger partial charge < -0.3 is 29.5 Å². The number of amides is 2. The first-order valence-electron chi connectivity index (χ1n) is 13.0. The van der Waals surface area contributed by atoms with Gasteiger partial charge in [-0.1, -0.05) is 12.1 Å². The summed E-state index contributed by atoms with van der Waals surface area (Å²) in [7, 11) is 0. The van der Waals surface area contributed by atoms with Crippen LogP contribution in [-0.4, -0.2) is 80.2 Å². The van der Waals surface area contributed by atoms with E-state index in [4.69, 9.17) is 14.2 Å². The highest BCUT2D eigenvalue weighted by Crippen LogP contribution is 2.27. The third kappa shape index (κ3) is 9.14. The smallest absolute Gasteiger partial charge is 0.410 e. The zero-order valence-electron chi connectivity index (χ0n) is 23.8. The molecule has 1 aromatic carbocycles. The molecule has 0 aliphatic heterocycles. The van der Waals surface area contributed by atoms with Crippen molar-refractivity contribution < 1.29 is 33.7 Å². The van der Waals surface area contributed by atoms with Gasteiger partial charge in [-0.05, 0) is 71.7 Å². The van der Waals surface area contributed by atoms with Crippen molar-refractivity contribution in [3.63, 3.8) is 0 Å². The van der Waals surface area contributed by atoms with Gasteiger partial charge in [-0.15, -0.1) is 0 Å². The SMILES string of the molecule is CC(C)(C)OC(=O)NCCCN(CCOc1cccc(-c2cnn3ccc(C(=O)O)nc23)c1)C(=O)OC(C)(C)C. The third-order valence-electron chi connectivity index (χ3n) is 5.29. The zero-order valence-corrected chi connectivity index (χ0v) is 23.8. The van der Waals surface area contributed by atoms with Gasteiger partial charge in [-0.25, -0.2) is 23.9 Å². The van der Waals surface area contributed by atoms with Crippen molar-refractivity contribution in [1.29, 1.82) is 0 Å². The second kappa shape index (κ2) is 12.7. The summed E-state index contributed by atoms with van der Waals surface area (Å²) in [5.74, 6) is -0.566. The Hall–Kier alpha value is -4.35. The molecular formula is C28H37N5O7. The molecule has 0 saturated heterocycles. The molecule has 0 unspecified atom stereocenters. The highest BCUT2D eigenvalue weighted by molar-refractivity contribution is 5.87. The molecule has 0 aliphatic rings. The summed E-state index contributed by atoms with van der Waals surface area (Å²) in [5.41, 5.74) is 0.478. The van der Waals surface area contributed by atoms with Crippen molar-refractivity contribution in [2.45, 2.75) is 59.2 Å². The molecule has 0 aliphatic carbocycles. The number of carbonyl (C=O) groups is 3. The molecule has 12 nitrogen and oxygen atoms in total.